The van der Waals surface area contributed by atoms with E-state index in [2.05, 4.69) is 30.9 Å². The largest absolute Gasteiger partial charge is 0.462 e. The van der Waals surface area contributed by atoms with Gasteiger partial charge in [0, 0.05) is 0 Å². The maximum Gasteiger partial charge on any atom is 0.322 e. The van der Waals surface area contributed by atoms with Gasteiger partial charge in [-0.25, -0.2) is 4.98 Å². The molecule has 4 rings (SSSR count). The number of nitrogens with one attached hydrogen (secondary N) is 1. The van der Waals surface area contributed by atoms with Crippen LogP contribution < -0.4 is 11.3 Å². The molecular weight excluding hydrogens is 450 g/mol. The lowest BCUT2D eigenvalue weighted by molar-refractivity contribution is -0.202. The van der Waals surface area contributed by atoms with Crippen molar-refractivity contribution in [3.8, 4) is 0 Å². The maximum absolute atomic E-state index is 12.1. The standard InChI is InChI=1S/C17H22BrN5O6/c1-16(2,18)14(25)26-5-7-9-10(29-17(3,4)28-9)13(27-7)23-6-20-8-11(23)21-15(19)22-12(8)24/h6-7,9-10,13H,5H2,1-4H3,(H3,19,21,22,24)/t7-,9-,10-,13-/m1/s1. The molecule has 12 heteroatoms. The predicted molar refractivity (Wildman–Crippen MR) is 104 cm³/mol. The van der Waals surface area contributed by atoms with Gasteiger partial charge in [-0.15, -0.1) is 0 Å². The van der Waals surface area contributed by atoms with Gasteiger partial charge in [-0.1, -0.05) is 15.9 Å². The van der Waals surface area contributed by atoms with E-state index in [1.807, 2.05) is 0 Å². The highest BCUT2D eigenvalue weighted by Crippen LogP contribution is 2.43. The molecule has 2 saturated heterocycles. The number of hydrogen-bond acceptors (Lipinski definition) is 9. The van der Waals surface area contributed by atoms with Crippen molar-refractivity contribution in [3.63, 3.8) is 0 Å². The number of aromatic amines is 1. The fraction of sp³-hybridized carbons (Fsp3) is 0.647. The van der Waals surface area contributed by atoms with Gasteiger partial charge in [-0.3, -0.25) is 19.1 Å². The van der Waals surface area contributed by atoms with Crippen LogP contribution in [-0.4, -0.2) is 60.5 Å². The Morgan fingerprint density at radius 2 is 2.10 bits per heavy atom. The molecule has 0 spiro atoms. The van der Waals surface area contributed by atoms with Crippen molar-refractivity contribution in [1.82, 2.24) is 19.5 Å². The number of nitrogen functional groups attached to an aromatic ring is 1. The molecule has 0 aromatic carbocycles. The molecule has 2 aliphatic heterocycles. The van der Waals surface area contributed by atoms with Crippen molar-refractivity contribution in [2.75, 3.05) is 12.3 Å². The highest BCUT2D eigenvalue weighted by molar-refractivity contribution is 9.10. The number of nitrogens with two attached hydrogens (primary N) is 1. The second kappa shape index (κ2) is 6.76. The number of carbonyl (C=O) groups is 1. The van der Waals surface area contributed by atoms with Gasteiger partial charge in [-0.05, 0) is 27.7 Å². The van der Waals surface area contributed by atoms with Crippen LogP contribution in [0.25, 0.3) is 11.2 Å². The lowest BCUT2D eigenvalue weighted by atomic mass is 10.1. The van der Waals surface area contributed by atoms with Crippen molar-refractivity contribution >= 4 is 39.0 Å². The number of alkyl halides is 1. The summed E-state index contributed by atoms with van der Waals surface area (Å²) in [4.78, 5) is 34.9. The molecule has 2 aromatic heterocycles. The molecule has 2 fully saturated rings. The summed E-state index contributed by atoms with van der Waals surface area (Å²) in [7, 11) is 0. The van der Waals surface area contributed by atoms with Crippen LogP contribution in [0.1, 0.15) is 33.9 Å². The van der Waals surface area contributed by atoms with E-state index >= 15 is 0 Å². The smallest absolute Gasteiger partial charge is 0.322 e. The number of nitrogens with zero attached hydrogens (tertiary/aromatic N) is 3. The van der Waals surface area contributed by atoms with E-state index in [1.54, 1.807) is 32.3 Å². The quantitative estimate of drug-likeness (QED) is 0.489. The Labute approximate surface area is 174 Å². The lowest BCUT2D eigenvalue weighted by Gasteiger charge is -2.25. The molecule has 3 N–H and O–H groups in total. The second-order valence-electron chi connectivity index (χ2n) is 7.98. The van der Waals surface area contributed by atoms with Crippen molar-refractivity contribution in [3.05, 3.63) is 16.7 Å². The highest BCUT2D eigenvalue weighted by atomic mass is 79.9. The minimum atomic E-state index is -0.853. The molecule has 0 unspecified atom stereocenters. The Morgan fingerprint density at radius 3 is 2.79 bits per heavy atom. The third-order valence-electron chi connectivity index (χ3n) is 4.71. The third kappa shape index (κ3) is 3.65. The van der Waals surface area contributed by atoms with Crippen molar-refractivity contribution in [1.29, 1.82) is 0 Å². The van der Waals surface area contributed by atoms with Crippen molar-refractivity contribution in [2.45, 2.75) is 62.3 Å². The van der Waals surface area contributed by atoms with E-state index in [1.165, 1.54) is 6.33 Å². The molecule has 0 aliphatic carbocycles. The lowest BCUT2D eigenvalue weighted by Crippen LogP contribution is -2.36. The number of hydrogen-bond donors (Lipinski definition) is 2. The van der Waals surface area contributed by atoms with E-state index < -0.39 is 46.2 Å². The minimum Gasteiger partial charge on any atom is -0.462 e. The Morgan fingerprint density at radius 1 is 1.41 bits per heavy atom. The van der Waals surface area contributed by atoms with Crippen LogP contribution in [-0.2, 0) is 23.7 Å². The first-order valence-corrected chi connectivity index (χ1v) is 9.85. The van der Waals surface area contributed by atoms with Gasteiger partial charge in [0.25, 0.3) is 5.56 Å². The Kier molecular flexibility index (Phi) is 4.72. The molecule has 29 heavy (non-hydrogen) atoms. The summed E-state index contributed by atoms with van der Waals surface area (Å²) in [6.07, 6.45) is -0.842. The fourth-order valence-corrected chi connectivity index (χ4v) is 3.59. The minimum absolute atomic E-state index is 0.0201. The van der Waals surface area contributed by atoms with Crippen LogP contribution in [0.5, 0.6) is 0 Å². The van der Waals surface area contributed by atoms with E-state index in [-0.39, 0.29) is 23.7 Å². The molecular formula is C17H22BrN5O6. The zero-order chi connectivity index (χ0) is 21.1. The van der Waals surface area contributed by atoms with Crippen LogP contribution in [0.2, 0.25) is 0 Å². The fourth-order valence-electron chi connectivity index (χ4n) is 3.48. The monoisotopic (exact) mass is 471 g/mol. The summed E-state index contributed by atoms with van der Waals surface area (Å²) < 4.78 is 24.3. The average molecular weight is 472 g/mol. The number of H-pyrrole nitrogens is 1. The number of aromatic nitrogens is 4. The van der Waals surface area contributed by atoms with Gasteiger partial charge in [-0.2, -0.15) is 4.98 Å². The number of imidazole rings is 1. The van der Waals surface area contributed by atoms with E-state index in [0.717, 1.165) is 0 Å². The summed E-state index contributed by atoms with van der Waals surface area (Å²) in [5.41, 5.74) is 5.63. The number of carbonyl (C=O) groups excluding carboxylic acids is 1. The van der Waals surface area contributed by atoms with Crippen LogP contribution in [0.4, 0.5) is 5.95 Å². The van der Waals surface area contributed by atoms with Crippen molar-refractivity contribution < 1.29 is 23.7 Å². The van der Waals surface area contributed by atoms with Gasteiger partial charge in [0.2, 0.25) is 5.95 Å². The summed E-state index contributed by atoms with van der Waals surface area (Å²) >= 11 is 3.28. The second-order valence-corrected chi connectivity index (χ2v) is 9.96. The van der Waals surface area contributed by atoms with Crippen LogP contribution in [0.3, 0.4) is 0 Å². The molecule has 2 aliphatic rings. The summed E-state index contributed by atoms with van der Waals surface area (Å²) in [6, 6.07) is 0. The number of rotatable bonds is 4. The van der Waals surface area contributed by atoms with E-state index in [0.29, 0.717) is 0 Å². The summed E-state index contributed by atoms with van der Waals surface area (Å²) in [5.74, 6) is -1.31. The molecule has 4 atom stereocenters. The first-order valence-electron chi connectivity index (χ1n) is 9.06. The molecule has 0 amide bonds. The number of anilines is 1. The SMILES string of the molecule is CC1(C)O[C@@H]2[C@H](O1)[C@@H](COC(=O)C(C)(C)Br)O[C@H]2n1cnc2c(=O)[nH]c(N)nc21. The molecule has 0 radical (unpaired) electrons. The molecule has 2 aromatic rings. The first kappa shape index (κ1) is 20.3. The Hall–Kier alpha value is -2.02. The first-order chi connectivity index (χ1) is 13.5. The van der Waals surface area contributed by atoms with E-state index in [9.17, 15) is 9.59 Å². The number of ether oxygens (including phenoxy) is 4. The number of halogens is 1. The van der Waals surface area contributed by atoms with Gasteiger partial charge < -0.3 is 24.7 Å². The van der Waals surface area contributed by atoms with Gasteiger partial charge >= 0.3 is 5.97 Å². The number of esters is 1. The number of fused-ring (bicyclic) bond motifs is 2. The van der Waals surface area contributed by atoms with Crippen LogP contribution >= 0.6 is 15.9 Å². The summed E-state index contributed by atoms with van der Waals surface area (Å²) in [6.45, 7) is 6.95. The van der Waals surface area contributed by atoms with Crippen LogP contribution in [0.15, 0.2) is 11.1 Å². The normalized spacial score (nSPS) is 28.6. The molecule has 0 bridgehead atoms. The van der Waals surface area contributed by atoms with Crippen molar-refractivity contribution in [2.24, 2.45) is 0 Å². The zero-order valence-corrected chi connectivity index (χ0v) is 17.9. The average Bonchev–Trinajstić information content (AvgIpc) is 3.23. The Bertz CT molecular complexity index is 1010. The highest BCUT2D eigenvalue weighted by Gasteiger charge is 2.56. The maximum atomic E-state index is 12.1. The molecule has 158 valence electrons. The third-order valence-corrected chi connectivity index (χ3v) is 5.04. The van der Waals surface area contributed by atoms with Gasteiger partial charge in [0.1, 0.15) is 29.2 Å². The summed E-state index contributed by atoms with van der Waals surface area (Å²) in [5, 5.41) is 0. The molecule has 4 heterocycles. The van der Waals surface area contributed by atoms with Gasteiger partial charge in [0.05, 0.1) is 6.33 Å². The zero-order valence-electron chi connectivity index (χ0n) is 16.3. The van der Waals surface area contributed by atoms with Crippen LogP contribution in [0, 0.1) is 0 Å². The Balaban J connectivity index is 1.65. The predicted octanol–water partition coefficient (Wildman–Crippen LogP) is 0.836. The van der Waals surface area contributed by atoms with E-state index in [4.69, 9.17) is 24.7 Å². The topological polar surface area (TPSA) is 144 Å². The van der Waals surface area contributed by atoms with Gasteiger partial charge in [0.15, 0.2) is 23.2 Å². The molecule has 0 saturated carbocycles. The molecule has 11 nitrogen and oxygen atoms in total.